The van der Waals surface area contributed by atoms with Crippen LogP contribution in [0.1, 0.15) is 5.56 Å². The fourth-order valence-electron chi connectivity index (χ4n) is 2.13. The summed E-state index contributed by atoms with van der Waals surface area (Å²) in [5.41, 5.74) is 9.98. The molecule has 0 saturated carbocycles. The van der Waals surface area contributed by atoms with Crippen LogP contribution in [0.15, 0.2) is 42.6 Å². The Kier molecular flexibility index (Phi) is 2.63. The molecule has 0 aliphatic carbocycles. The van der Waals surface area contributed by atoms with Gasteiger partial charge >= 0.3 is 0 Å². The van der Waals surface area contributed by atoms with Crippen molar-refractivity contribution in [2.75, 3.05) is 12.8 Å². The van der Waals surface area contributed by atoms with Crippen molar-refractivity contribution in [2.24, 2.45) is 0 Å². The lowest BCUT2D eigenvalue weighted by Gasteiger charge is -2.02. The summed E-state index contributed by atoms with van der Waals surface area (Å²) in [5, 5.41) is 0. The summed E-state index contributed by atoms with van der Waals surface area (Å²) in [6.45, 7) is 2.04. The topological polar surface area (TPSA) is 52.5 Å². The number of hydrogen-bond donors (Lipinski definition) is 1. The number of fused-ring (bicyclic) bond motifs is 1. The van der Waals surface area contributed by atoms with Crippen LogP contribution in [0.2, 0.25) is 0 Å². The van der Waals surface area contributed by atoms with E-state index in [0.29, 0.717) is 5.82 Å². The average Bonchev–Trinajstić information content (AvgIpc) is 2.75. The molecule has 96 valence electrons. The van der Waals surface area contributed by atoms with E-state index in [1.54, 1.807) is 7.11 Å². The van der Waals surface area contributed by atoms with Gasteiger partial charge in [-0.25, -0.2) is 4.98 Å². The van der Waals surface area contributed by atoms with Crippen LogP contribution in [-0.4, -0.2) is 16.5 Å². The molecule has 4 heteroatoms. The number of aromatic nitrogens is 2. The first-order valence-corrected chi connectivity index (χ1v) is 6.07. The average molecular weight is 253 g/mol. The number of benzene rings is 1. The van der Waals surface area contributed by atoms with Gasteiger partial charge in [0.15, 0.2) is 0 Å². The van der Waals surface area contributed by atoms with E-state index in [1.165, 1.54) is 5.56 Å². The molecule has 0 saturated heterocycles. The predicted molar refractivity (Wildman–Crippen MR) is 76.3 cm³/mol. The Morgan fingerprint density at radius 3 is 2.58 bits per heavy atom. The van der Waals surface area contributed by atoms with Crippen molar-refractivity contribution in [1.82, 2.24) is 9.38 Å². The highest BCUT2D eigenvalue weighted by Gasteiger charge is 2.11. The van der Waals surface area contributed by atoms with Gasteiger partial charge in [0.25, 0.3) is 0 Å². The molecule has 0 spiro atoms. The third kappa shape index (κ3) is 1.91. The first kappa shape index (κ1) is 11.6. The maximum absolute atomic E-state index is 6.16. The molecule has 0 aliphatic heterocycles. The molecule has 0 amide bonds. The molecule has 2 heterocycles. The lowest BCUT2D eigenvalue weighted by Crippen LogP contribution is -1.94. The van der Waals surface area contributed by atoms with E-state index in [1.807, 2.05) is 53.9 Å². The number of imidazole rings is 1. The second kappa shape index (κ2) is 4.31. The predicted octanol–water partition coefficient (Wildman–Crippen LogP) is 2.90. The lowest BCUT2D eigenvalue weighted by atomic mass is 10.1. The second-order valence-electron chi connectivity index (χ2n) is 4.51. The number of ether oxygens (including phenoxy) is 1. The molecule has 0 fully saturated rings. The highest BCUT2D eigenvalue weighted by atomic mass is 16.5. The van der Waals surface area contributed by atoms with Gasteiger partial charge in [-0.05, 0) is 48.9 Å². The van der Waals surface area contributed by atoms with Crippen molar-refractivity contribution in [3.8, 4) is 17.0 Å². The Balaban J connectivity index is 2.15. The summed E-state index contributed by atoms with van der Waals surface area (Å²) in [5.74, 6) is 1.47. The third-order valence-corrected chi connectivity index (χ3v) is 3.18. The van der Waals surface area contributed by atoms with E-state index >= 15 is 0 Å². The molecule has 3 rings (SSSR count). The van der Waals surface area contributed by atoms with Gasteiger partial charge in [-0.2, -0.15) is 0 Å². The van der Waals surface area contributed by atoms with Crippen molar-refractivity contribution in [3.05, 3.63) is 48.2 Å². The number of hydrogen-bond acceptors (Lipinski definition) is 3. The first-order valence-electron chi connectivity index (χ1n) is 6.07. The van der Waals surface area contributed by atoms with Crippen molar-refractivity contribution in [2.45, 2.75) is 6.92 Å². The number of pyridine rings is 1. The van der Waals surface area contributed by atoms with Gasteiger partial charge in [0.05, 0.1) is 7.11 Å². The molecule has 4 nitrogen and oxygen atoms in total. The van der Waals surface area contributed by atoms with Crippen LogP contribution in [0.5, 0.6) is 5.75 Å². The van der Waals surface area contributed by atoms with Crippen LogP contribution < -0.4 is 10.5 Å². The van der Waals surface area contributed by atoms with E-state index in [-0.39, 0.29) is 0 Å². The van der Waals surface area contributed by atoms with E-state index < -0.39 is 0 Å². The molecule has 19 heavy (non-hydrogen) atoms. The maximum Gasteiger partial charge on any atom is 0.139 e. The van der Waals surface area contributed by atoms with E-state index in [4.69, 9.17) is 10.5 Å². The Morgan fingerprint density at radius 2 is 1.89 bits per heavy atom. The summed E-state index contributed by atoms with van der Waals surface area (Å²) >= 11 is 0. The Labute approximate surface area is 111 Å². The minimum absolute atomic E-state index is 0.653. The van der Waals surface area contributed by atoms with Crippen molar-refractivity contribution in [3.63, 3.8) is 0 Å². The standard InChI is InChI=1S/C15H15N3O/c1-10-7-8-18-13(9-10)17-14(15(18)16)11-3-5-12(19-2)6-4-11/h3-9H,16H2,1-2H3. The molecule has 0 unspecified atom stereocenters. The van der Waals surface area contributed by atoms with Gasteiger partial charge < -0.3 is 10.5 Å². The van der Waals surface area contributed by atoms with Crippen molar-refractivity contribution < 1.29 is 4.74 Å². The molecule has 0 aliphatic rings. The molecule has 2 N–H and O–H groups in total. The normalized spacial score (nSPS) is 10.8. The van der Waals surface area contributed by atoms with Crippen LogP contribution in [0.4, 0.5) is 5.82 Å². The van der Waals surface area contributed by atoms with Gasteiger partial charge in [-0.15, -0.1) is 0 Å². The van der Waals surface area contributed by atoms with Gasteiger partial charge in [0, 0.05) is 11.8 Å². The SMILES string of the molecule is COc1ccc(-c2nc3cc(C)ccn3c2N)cc1. The van der Waals surface area contributed by atoms with E-state index in [0.717, 1.165) is 22.7 Å². The van der Waals surface area contributed by atoms with Gasteiger partial charge in [-0.3, -0.25) is 4.40 Å². The monoisotopic (exact) mass is 253 g/mol. The minimum Gasteiger partial charge on any atom is -0.497 e. The zero-order valence-electron chi connectivity index (χ0n) is 10.9. The number of aryl methyl sites for hydroxylation is 1. The molecule has 0 radical (unpaired) electrons. The van der Waals surface area contributed by atoms with Gasteiger partial charge in [0.1, 0.15) is 22.9 Å². The Bertz CT molecular complexity index is 729. The van der Waals surface area contributed by atoms with Crippen LogP contribution >= 0.6 is 0 Å². The highest BCUT2D eigenvalue weighted by molar-refractivity contribution is 5.75. The van der Waals surface area contributed by atoms with Gasteiger partial charge in [-0.1, -0.05) is 0 Å². The number of nitrogen functional groups attached to an aromatic ring is 1. The fourth-order valence-corrected chi connectivity index (χ4v) is 2.13. The fraction of sp³-hybridized carbons (Fsp3) is 0.133. The van der Waals surface area contributed by atoms with Crippen LogP contribution in [-0.2, 0) is 0 Å². The van der Waals surface area contributed by atoms with Crippen LogP contribution in [0.3, 0.4) is 0 Å². The largest absolute Gasteiger partial charge is 0.497 e. The quantitative estimate of drug-likeness (QED) is 0.764. The Morgan fingerprint density at radius 1 is 1.16 bits per heavy atom. The lowest BCUT2D eigenvalue weighted by molar-refractivity contribution is 0.415. The first-order chi connectivity index (χ1) is 9.19. The van der Waals surface area contributed by atoms with Crippen molar-refractivity contribution >= 4 is 11.5 Å². The molecular formula is C15H15N3O. The number of nitrogens with two attached hydrogens (primary N) is 1. The number of anilines is 1. The smallest absolute Gasteiger partial charge is 0.139 e. The number of nitrogens with zero attached hydrogens (tertiary/aromatic N) is 2. The van der Waals surface area contributed by atoms with E-state index in [2.05, 4.69) is 4.98 Å². The zero-order valence-corrected chi connectivity index (χ0v) is 10.9. The summed E-state index contributed by atoms with van der Waals surface area (Å²) in [4.78, 5) is 4.60. The van der Waals surface area contributed by atoms with Crippen LogP contribution in [0, 0.1) is 6.92 Å². The molecule has 0 atom stereocenters. The summed E-state index contributed by atoms with van der Waals surface area (Å²) in [7, 11) is 1.65. The van der Waals surface area contributed by atoms with Crippen molar-refractivity contribution in [1.29, 1.82) is 0 Å². The van der Waals surface area contributed by atoms with Crippen LogP contribution in [0.25, 0.3) is 16.9 Å². The number of rotatable bonds is 2. The maximum atomic E-state index is 6.16. The summed E-state index contributed by atoms with van der Waals surface area (Å²) in [6, 6.07) is 11.8. The van der Waals surface area contributed by atoms with E-state index in [9.17, 15) is 0 Å². The van der Waals surface area contributed by atoms with Gasteiger partial charge in [0.2, 0.25) is 0 Å². The highest BCUT2D eigenvalue weighted by Crippen LogP contribution is 2.28. The molecule has 0 bridgehead atoms. The zero-order chi connectivity index (χ0) is 13.4. The third-order valence-electron chi connectivity index (χ3n) is 3.18. The second-order valence-corrected chi connectivity index (χ2v) is 4.51. The molecule has 3 aromatic rings. The molecule has 2 aromatic heterocycles. The molecular weight excluding hydrogens is 238 g/mol. The summed E-state index contributed by atoms with van der Waals surface area (Å²) in [6.07, 6.45) is 1.94. The molecule has 1 aromatic carbocycles. The summed E-state index contributed by atoms with van der Waals surface area (Å²) < 4.78 is 7.05. The minimum atomic E-state index is 0.653. The Hall–Kier alpha value is -2.49. The number of methoxy groups -OCH3 is 1.